The molecule has 9 heteroatoms. The molecule has 0 unspecified atom stereocenters. The zero-order chi connectivity index (χ0) is 21.8. The molecule has 0 aliphatic carbocycles. The number of rotatable bonds is 7. The summed E-state index contributed by atoms with van der Waals surface area (Å²) in [5.41, 5.74) is 2.06. The number of nitrogens with zero attached hydrogens (tertiary/aromatic N) is 5. The van der Waals surface area contributed by atoms with Crippen LogP contribution in [0.2, 0.25) is 0 Å². The Morgan fingerprint density at radius 1 is 1.10 bits per heavy atom. The predicted octanol–water partition coefficient (Wildman–Crippen LogP) is 3.50. The van der Waals surface area contributed by atoms with Gasteiger partial charge in [0.15, 0.2) is 5.16 Å². The van der Waals surface area contributed by atoms with Crippen LogP contribution < -0.4 is 10.9 Å². The first kappa shape index (κ1) is 20.8. The van der Waals surface area contributed by atoms with Crippen molar-refractivity contribution in [3.8, 4) is 0 Å². The summed E-state index contributed by atoms with van der Waals surface area (Å²) in [6.45, 7) is 3.99. The second kappa shape index (κ2) is 9.13. The van der Waals surface area contributed by atoms with Crippen LogP contribution in [0.3, 0.4) is 0 Å². The molecule has 158 valence electrons. The average molecular weight is 435 g/mol. The van der Waals surface area contributed by atoms with Crippen LogP contribution in [-0.2, 0) is 17.1 Å². The molecule has 1 N–H and O–H groups in total. The van der Waals surface area contributed by atoms with Gasteiger partial charge in [-0.15, -0.1) is 5.10 Å². The molecule has 1 amide bonds. The number of amides is 1. The third-order valence-corrected chi connectivity index (χ3v) is 5.58. The van der Waals surface area contributed by atoms with Crippen LogP contribution in [0.25, 0.3) is 10.9 Å². The van der Waals surface area contributed by atoms with Gasteiger partial charge in [-0.25, -0.2) is 9.67 Å². The van der Waals surface area contributed by atoms with Crippen molar-refractivity contribution in [3.05, 3.63) is 76.8 Å². The van der Waals surface area contributed by atoms with Crippen LogP contribution >= 0.6 is 11.8 Å². The van der Waals surface area contributed by atoms with Gasteiger partial charge in [0.05, 0.1) is 16.6 Å². The Bertz CT molecular complexity index is 1270. The summed E-state index contributed by atoms with van der Waals surface area (Å²) in [5.74, 6) is 0.304. The molecule has 0 fully saturated rings. The van der Waals surface area contributed by atoms with Gasteiger partial charge in [0.2, 0.25) is 5.91 Å². The Balaban J connectivity index is 1.46. The maximum atomic E-state index is 12.9. The normalized spacial score (nSPS) is 11.2. The van der Waals surface area contributed by atoms with Gasteiger partial charge in [-0.2, -0.15) is 0 Å². The van der Waals surface area contributed by atoms with Crippen LogP contribution in [0.4, 0.5) is 5.69 Å². The summed E-state index contributed by atoms with van der Waals surface area (Å²) in [6.07, 6.45) is 1.73. The number of hydrogen-bond donors (Lipinski definition) is 1. The highest BCUT2D eigenvalue weighted by molar-refractivity contribution is 7.98. The van der Waals surface area contributed by atoms with E-state index in [1.807, 2.05) is 62.4 Å². The molecular weight excluding hydrogens is 412 g/mol. The molecule has 31 heavy (non-hydrogen) atoms. The molecule has 8 nitrogen and oxygen atoms in total. The number of aromatic nitrogens is 5. The van der Waals surface area contributed by atoms with E-state index in [0.717, 1.165) is 5.69 Å². The maximum Gasteiger partial charge on any atom is 0.262 e. The summed E-state index contributed by atoms with van der Waals surface area (Å²) in [6, 6.07) is 16.6. The van der Waals surface area contributed by atoms with E-state index < -0.39 is 0 Å². The molecule has 0 spiro atoms. The first-order chi connectivity index (χ1) is 15.0. The Kier molecular flexibility index (Phi) is 6.13. The summed E-state index contributed by atoms with van der Waals surface area (Å²) >= 11 is 1.43. The van der Waals surface area contributed by atoms with Gasteiger partial charge in [0.1, 0.15) is 6.54 Å². The van der Waals surface area contributed by atoms with Crippen molar-refractivity contribution in [1.82, 2.24) is 24.5 Å². The van der Waals surface area contributed by atoms with E-state index in [9.17, 15) is 9.59 Å². The van der Waals surface area contributed by atoms with Crippen LogP contribution in [0.5, 0.6) is 0 Å². The minimum absolute atomic E-state index is 0.0236. The molecule has 0 saturated carbocycles. The second-order valence-electron chi connectivity index (χ2n) is 7.29. The van der Waals surface area contributed by atoms with Crippen molar-refractivity contribution in [2.24, 2.45) is 0 Å². The molecule has 0 aliphatic heterocycles. The maximum absolute atomic E-state index is 12.9. The molecule has 0 aliphatic rings. The standard InChI is InChI=1S/C22H22N6O2S/c1-15(2)28-21(30)18-10-6-7-11-19(18)24-22(28)31-14-17-12-27(26-25-17)13-20(29)23-16-8-4-3-5-9-16/h3-12,15H,13-14H2,1-2H3,(H,23,29). The second-order valence-corrected chi connectivity index (χ2v) is 8.23. The van der Waals surface area contributed by atoms with Gasteiger partial charge in [0.25, 0.3) is 5.56 Å². The quantitative estimate of drug-likeness (QED) is 0.353. The van der Waals surface area contributed by atoms with E-state index in [-0.39, 0.29) is 24.1 Å². The Morgan fingerprint density at radius 3 is 2.61 bits per heavy atom. The first-order valence-electron chi connectivity index (χ1n) is 9.89. The van der Waals surface area contributed by atoms with E-state index >= 15 is 0 Å². The molecule has 2 heterocycles. The zero-order valence-electron chi connectivity index (χ0n) is 17.2. The number of nitrogens with one attached hydrogen (secondary N) is 1. The smallest absolute Gasteiger partial charge is 0.262 e. The summed E-state index contributed by atoms with van der Waals surface area (Å²) in [5, 5.41) is 12.2. The lowest BCUT2D eigenvalue weighted by molar-refractivity contribution is -0.116. The van der Waals surface area contributed by atoms with Crippen molar-refractivity contribution in [3.63, 3.8) is 0 Å². The first-order valence-corrected chi connectivity index (χ1v) is 10.9. The number of thioether (sulfide) groups is 1. The summed E-state index contributed by atoms with van der Waals surface area (Å²) < 4.78 is 3.20. The molecule has 0 saturated heterocycles. The largest absolute Gasteiger partial charge is 0.324 e. The van der Waals surface area contributed by atoms with Crippen LogP contribution in [-0.4, -0.2) is 30.5 Å². The minimum atomic E-state index is -0.180. The zero-order valence-corrected chi connectivity index (χ0v) is 18.0. The molecule has 0 radical (unpaired) electrons. The predicted molar refractivity (Wildman–Crippen MR) is 121 cm³/mol. The summed E-state index contributed by atoms with van der Waals surface area (Å²) in [7, 11) is 0. The fourth-order valence-electron chi connectivity index (χ4n) is 3.17. The number of carbonyl (C=O) groups excluding carboxylic acids is 1. The van der Waals surface area contributed by atoms with Gasteiger partial charge in [-0.1, -0.05) is 47.3 Å². The van der Waals surface area contributed by atoms with Crippen LogP contribution in [0, 0.1) is 0 Å². The van der Waals surface area contributed by atoms with Crippen LogP contribution in [0.15, 0.2) is 70.7 Å². The SMILES string of the molecule is CC(C)n1c(SCc2cn(CC(=O)Nc3ccccc3)nn2)nc2ccccc2c1=O. The number of anilines is 1. The van der Waals surface area contributed by atoms with Crippen molar-refractivity contribution < 1.29 is 4.79 Å². The van der Waals surface area contributed by atoms with Crippen molar-refractivity contribution in [2.45, 2.75) is 37.3 Å². The molecule has 2 aromatic heterocycles. The fraction of sp³-hybridized carbons (Fsp3) is 0.227. The molecule has 2 aromatic carbocycles. The number of benzene rings is 2. The van der Waals surface area contributed by atoms with E-state index in [4.69, 9.17) is 0 Å². The van der Waals surface area contributed by atoms with Gasteiger partial charge in [0, 0.05) is 23.7 Å². The number of fused-ring (bicyclic) bond motifs is 1. The van der Waals surface area contributed by atoms with Gasteiger partial charge in [-0.3, -0.25) is 14.2 Å². The molecule has 0 atom stereocenters. The Hall–Kier alpha value is -3.46. The van der Waals surface area contributed by atoms with E-state index in [1.165, 1.54) is 16.4 Å². The topological polar surface area (TPSA) is 94.7 Å². The molecule has 4 aromatic rings. The Morgan fingerprint density at radius 2 is 1.84 bits per heavy atom. The number of para-hydroxylation sites is 2. The molecule has 4 rings (SSSR count). The highest BCUT2D eigenvalue weighted by Gasteiger charge is 2.15. The lowest BCUT2D eigenvalue weighted by Crippen LogP contribution is -2.25. The lowest BCUT2D eigenvalue weighted by Gasteiger charge is -2.15. The van der Waals surface area contributed by atoms with E-state index in [0.29, 0.717) is 27.5 Å². The van der Waals surface area contributed by atoms with Gasteiger partial charge in [-0.05, 0) is 38.1 Å². The number of carbonyl (C=O) groups is 1. The lowest BCUT2D eigenvalue weighted by atomic mass is 10.2. The van der Waals surface area contributed by atoms with Gasteiger partial charge < -0.3 is 5.32 Å². The third kappa shape index (κ3) is 4.83. The van der Waals surface area contributed by atoms with Crippen molar-refractivity contribution >= 4 is 34.3 Å². The highest BCUT2D eigenvalue weighted by atomic mass is 32.2. The van der Waals surface area contributed by atoms with Crippen molar-refractivity contribution in [2.75, 3.05) is 5.32 Å². The molecule has 0 bridgehead atoms. The number of hydrogen-bond acceptors (Lipinski definition) is 6. The van der Waals surface area contributed by atoms with E-state index in [1.54, 1.807) is 16.8 Å². The average Bonchev–Trinajstić information content (AvgIpc) is 3.20. The van der Waals surface area contributed by atoms with E-state index in [2.05, 4.69) is 20.6 Å². The fourth-order valence-corrected chi connectivity index (χ4v) is 4.18. The Labute approximate surface area is 183 Å². The third-order valence-electron chi connectivity index (χ3n) is 4.59. The van der Waals surface area contributed by atoms with Crippen LogP contribution in [0.1, 0.15) is 25.6 Å². The monoisotopic (exact) mass is 434 g/mol. The molecular formula is C22H22N6O2S. The van der Waals surface area contributed by atoms with Gasteiger partial charge >= 0.3 is 0 Å². The highest BCUT2D eigenvalue weighted by Crippen LogP contribution is 2.23. The minimum Gasteiger partial charge on any atom is -0.324 e. The van der Waals surface area contributed by atoms with Crippen molar-refractivity contribution in [1.29, 1.82) is 0 Å². The summed E-state index contributed by atoms with van der Waals surface area (Å²) in [4.78, 5) is 29.8.